The summed E-state index contributed by atoms with van der Waals surface area (Å²) in [5.41, 5.74) is 3.86. The molecule has 5 nitrogen and oxygen atoms in total. The standard InChI is InChI=1S/C24H24N4O/c1-18-25-22-20-11-5-6-12-21(20)29-23(22)24(26-18)28-16-14-27(15-17-28)13-7-10-19-8-3-2-4-9-19/h2-12H,13-17H2,1H3/p+1. The Kier molecular flexibility index (Phi) is 4.74. The highest BCUT2D eigenvalue weighted by molar-refractivity contribution is 6.05. The van der Waals surface area contributed by atoms with Gasteiger partial charge in [-0.3, -0.25) is 0 Å². The van der Waals surface area contributed by atoms with Crippen molar-refractivity contribution in [2.45, 2.75) is 6.92 Å². The van der Waals surface area contributed by atoms with Gasteiger partial charge in [0, 0.05) is 5.39 Å². The number of aromatic nitrogens is 2. The highest BCUT2D eigenvalue weighted by atomic mass is 16.3. The Morgan fingerprint density at radius 1 is 1.00 bits per heavy atom. The van der Waals surface area contributed by atoms with Crippen molar-refractivity contribution in [2.24, 2.45) is 0 Å². The van der Waals surface area contributed by atoms with E-state index in [2.05, 4.69) is 58.4 Å². The highest BCUT2D eigenvalue weighted by Gasteiger charge is 2.24. The average molecular weight is 385 g/mol. The first-order valence-corrected chi connectivity index (χ1v) is 10.2. The van der Waals surface area contributed by atoms with Crippen LogP contribution >= 0.6 is 0 Å². The Labute approximate surface area is 170 Å². The summed E-state index contributed by atoms with van der Waals surface area (Å²) >= 11 is 0. The summed E-state index contributed by atoms with van der Waals surface area (Å²) in [6.07, 6.45) is 4.50. The van der Waals surface area contributed by atoms with Gasteiger partial charge in [0.05, 0.1) is 32.7 Å². The van der Waals surface area contributed by atoms with Gasteiger partial charge in [-0.1, -0.05) is 48.5 Å². The first kappa shape index (κ1) is 17.9. The second-order valence-corrected chi connectivity index (χ2v) is 7.62. The molecule has 0 radical (unpaired) electrons. The van der Waals surface area contributed by atoms with E-state index in [4.69, 9.17) is 9.40 Å². The topological polar surface area (TPSA) is 46.6 Å². The predicted molar refractivity (Wildman–Crippen MR) is 117 cm³/mol. The zero-order chi connectivity index (χ0) is 19.6. The maximum absolute atomic E-state index is 6.15. The smallest absolute Gasteiger partial charge is 0.196 e. The predicted octanol–water partition coefficient (Wildman–Crippen LogP) is 3.10. The van der Waals surface area contributed by atoms with Crippen LogP contribution in [0.1, 0.15) is 11.4 Å². The molecule has 1 saturated heterocycles. The van der Waals surface area contributed by atoms with Gasteiger partial charge in [0.1, 0.15) is 16.9 Å². The maximum Gasteiger partial charge on any atom is 0.196 e. The number of benzene rings is 2. The summed E-state index contributed by atoms with van der Waals surface area (Å²) in [7, 11) is 0. The van der Waals surface area contributed by atoms with Gasteiger partial charge >= 0.3 is 0 Å². The fourth-order valence-corrected chi connectivity index (χ4v) is 4.06. The van der Waals surface area contributed by atoms with Crippen molar-refractivity contribution in [1.29, 1.82) is 0 Å². The number of hydrogen-bond acceptors (Lipinski definition) is 4. The van der Waals surface area contributed by atoms with Crippen LogP contribution in [0, 0.1) is 6.92 Å². The minimum Gasteiger partial charge on any atom is -0.450 e. The number of hydrogen-bond donors (Lipinski definition) is 1. The number of furan rings is 1. The Balaban J connectivity index is 1.32. The summed E-state index contributed by atoms with van der Waals surface area (Å²) in [6, 6.07) is 18.6. The summed E-state index contributed by atoms with van der Waals surface area (Å²) in [5.74, 6) is 1.72. The number of quaternary nitrogens is 1. The van der Waals surface area contributed by atoms with Crippen LogP contribution in [-0.2, 0) is 0 Å². The summed E-state index contributed by atoms with van der Waals surface area (Å²) in [6.45, 7) is 7.12. The molecule has 0 saturated carbocycles. The Hall–Kier alpha value is -3.18. The van der Waals surface area contributed by atoms with Crippen LogP contribution in [0.3, 0.4) is 0 Å². The molecule has 3 heterocycles. The second kappa shape index (κ2) is 7.68. The van der Waals surface area contributed by atoms with Crippen molar-refractivity contribution in [1.82, 2.24) is 9.97 Å². The second-order valence-electron chi connectivity index (χ2n) is 7.62. The molecule has 0 amide bonds. The number of piperazine rings is 1. The summed E-state index contributed by atoms with van der Waals surface area (Å²) in [4.78, 5) is 13.4. The molecule has 0 bridgehead atoms. The van der Waals surface area contributed by atoms with E-state index in [-0.39, 0.29) is 0 Å². The number of rotatable bonds is 4. The van der Waals surface area contributed by atoms with Gasteiger partial charge in [-0.05, 0) is 30.7 Å². The van der Waals surface area contributed by atoms with Gasteiger partial charge in [0.25, 0.3) is 0 Å². The van der Waals surface area contributed by atoms with Crippen molar-refractivity contribution in [3.05, 3.63) is 72.1 Å². The van der Waals surface area contributed by atoms with Crippen LogP contribution in [0.2, 0.25) is 0 Å². The maximum atomic E-state index is 6.15. The minimum absolute atomic E-state index is 0.791. The zero-order valence-corrected chi connectivity index (χ0v) is 16.6. The molecule has 0 aliphatic carbocycles. The molecular formula is C24H25N4O+. The SMILES string of the molecule is Cc1nc(N2CC[NH+](CC=Cc3ccccc3)CC2)c2oc3ccccc3c2n1. The van der Waals surface area contributed by atoms with Crippen LogP contribution in [0.4, 0.5) is 5.82 Å². The van der Waals surface area contributed by atoms with Crippen molar-refractivity contribution in [3.63, 3.8) is 0 Å². The molecular weight excluding hydrogens is 360 g/mol. The number of nitrogens with one attached hydrogen (secondary N) is 1. The van der Waals surface area contributed by atoms with Crippen LogP contribution in [0.15, 0.2) is 65.1 Å². The number of aryl methyl sites for hydroxylation is 1. The minimum atomic E-state index is 0.791. The third-order valence-electron chi connectivity index (χ3n) is 5.60. The van der Waals surface area contributed by atoms with Crippen molar-refractivity contribution >= 4 is 34.0 Å². The molecule has 5 rings (SSSR count). The van der Waals surface area contributed by atoms with E-state index in [1.165, 1.54) is 5.56 Å². The lowest BCUT2D eigenvalue weighted by Crippen LogP contribution is -3.14. The normalized spacial score (nSPS) is 15.7. The molecule has 29 heavy (non-hydrogen) atoms. The highest BCUT2D eigenvalue weighted by Crippen LogP contribution is 2.32. The molecule has 1 N–H and O–H groups in total. The van der Waals surface area contributed by atoms with Gasteiger partial charge in [0.15, 0.2) is 11.4 Å². The van der Waals surface area contributed by atoms with Crippen LogP contribution in [0.25, 0.3) is 28.1 Å². The molecule has 1 aliphatic rings. The molecule has 1 aliphatic heterocycles. The Morgan fingerprint density at radius 2 is 1.76 bits per heavy atom. The first-order chi connectivity index (χ1) is 14.3. The number of para-hydroxylation sites is 1. The molecule has 2 aromatic carbocycles. The molecule has 0 unspecified atom stereocenters. The average Bonchev–Trinajstić information content (AvgIpc) is 3.13. The molecule has 1 fully saturated rings. The largest absolute Gasteiger partial charge is 0.450 e. The van der Waals surface area contributed by atoms with Crippen molar-refractivity contribution < 1.29 is 9.32 Å². The van der Waals surface area contributed by atoms with E-state index < -0.39 is 0 Å². The molecule has 4 aromatic rings. The fraction of sp³-hybridized carbons (Fsp3) is 0.250. The summed E-state index contributed by atoms with van der Waals surface area (Å²) in [5, 5.41) is 1.06. The van der Waals surface area contributed by atoms with E-state index in [0.29, 0.717) is 0 Å². The van der Waals surface area contributed by atoms with Gasteiger partial charge in [-0.25, -0.2) is 9.97 Å². The van der Waals surface area contributed by atoms with E-state index in [1.54, 1.807) is 4.90 Å². The van der Waals surface area contributed by atoms with Gasteiger partial charge in [0.2, 0.25) is 0 Å². The lowest BCUT2D eigenvalue weighted by atomic mass is 10.2. The lowest BCUT2D eigenvalue weighted by Gasteiger charge is -2.32. The third-order valence-corrected chi connectivity index (χ3v) is 5.60. The summed E-state index contributed by atoms with van der Waals surface area (Å²) < 4.78 is 6.15. The van der Waals surface area contributed by atoms with E-state index in [0.717, 1.165) is 66.4 Å². The van der Waals surface area contributed by atoms with E-state index in [1.807, 2.05) is 25.1 Å². The molecule has 2 aromatic heterocycles. The van der Waals surface area contributed by atoms with Crippen LogP contribution in [0.5, 0.6) is 0 Å². The van der Waals surface area contributed by atoms with E-state index in [9.17, 15) is 0 Å². The zero-order valence-electron chi connectivity index (χ0n) is 16.6. The number of fused-ring (bicyclic) bond motifs is 3. The number of anilines is 1. The lowest BCUT2D eigenvalue weighted by molar-refractivity contribution is -0.894. The number of nitrogens with zero attached hydrogens (tertiary/aromatic N) is 3. The Bertz CT molecular complexity index is 1160. The quantitative estimate of drug-likeness (QED) is 0.586. The van der Waals surface area contributed by atoms with Gasteiger partial charge in [-0.15, -0.1) is 0 Å². The molecule has 5 heteroatoms. The molecule has 146 valence electrons. The molecule has 0 atom stereocenters. The van der Waals surface area contributed by atoms with Crippen molar-refractivity contribution in [2.75, 3.05) is 37.6 Å². The van der Waals surface area contributed by atoms with Gasteiger partial charge in [-0.2, -0.15) is 0 Å². The monoisotopic (exact) mass is 385 g/mol. The van der Waals surface area contributed by atoms with Crippen molar-refractivity contribution in [3.8, 4) is 0 Å². The Morgan fingerprint density at radius 3 is 2.59 bits per heavy atom. The van der Waals surface area contributed by atoms with Crippen LogP contribution in [-0.4, -0.2) is 42.7 Å². The van der Waals surface area contributed by atoms with Crippen LogP contribution < -0.4 is 9.80 Å². The van der Waals surface area contributed by atoms with Gasteiger partial charge < -0.3 is 14.2 Å². The molecule has 0 spiro atoms. The third kappa shape index (κ3) is 3.61. The van der Waals surface area contributed by atoms with E-state index >= 15 is 0 Å². The first-order valence-electron chi connectivity index (χ1n) is 10.2. The fourth-order valence-electron chi connectivity index (χ4n) is 4.06.